The zero-order valence-electron chi connectivity index (χ0n) is 18.6. The number of pyridine rings is 1. The fraction of sp³-hybridized carbons (Fsp3) is 0.240. The number of amides is 1. The molecule has 0 spiro atoms. The van der Waals surface area contributed by atoms with Gasteiger partial charge in [-0.05, 0) is 49.0 Å². The maximum absolute atomic E-state index is 15.3. The number of piperidine rings is 1. The molecule has 2 aromatic carbocycles. The summed E-state index contributed by atoms with van der Waals surface area (Å²) in [5.41, 5.74) is 1.55. The Morgan fingerprint density at radius 3 is 2.85 bits per heavy atom. The normalized spacial score (nSPS) is 15.7. The van der Waals surface area contributed by atoms with Crippen molar-refractivity contribution in [2.45, 2.75) is 18.9 Å². The average Bonchev–Trinajstić information content (AvgIpc) is 3.30. The average molecular weight is 455 g/mol. The number of rotatable bonds is 4. The largest absolute Gasteiger partial charge is 0.315 e. The highest BCUT2D eigenvalue weighted by Gasteiger charge is 2.31. The molecule has 9 heteroatoms. The number of hydrogen-bond acceptors (Lipinski definition) is 5. The zero-order chi connectivity index (χ0) is 23.7. The monoisotopic (exact) mass is 455 g/mol. The minimum atomic E-state index is -0.627. The van der Waals surface area contributed by atoms with Crippen LogP contribution in [0, 0.1) is 12.4 Å². The van der Waals surface area contributed by atoms with E-state index >= 15 is 4.39 Å². The van der Waals surface area contributed by atoms with Crippen molar-refractivity contribution in [1.29, 1.82) is 0 Å². The molecule has 0 bridgehead atoms. The van der Waals surface area contributed by atoms with Crippen molar-refractivity contribution in [3.05, 3.63) is 77.7 Å². The van der Waals surface area contributed by atoms with Crippen LogP contribution < -0.4 is 10.2 Å². The molecule has 34 heavy (non-hydrogen) atoms. The molecular weight excluding hydrogens is 433 g/mol. The van der Waals surface area contributed by atoms with Gasteiger partial charge in [-0.2, -0.15) is 0 Å². The Hall–Kier alpha value is -4.16. The van der Waals surface area contributed by atoms with E-state index in [2.05, 4.69) is 25.5 Å². The van der Waals surface area contributed by atoms with Gasteiger partial charge in [0.15, 0.2) is 5.69 Å². The first-order valence-corrected chi connectivity index (χ1v) is 11.0. The van der Waals surface area contributed by atoms with Gasteiger partial charge in [0.2, 0.25) is 0 Å². The molecule has 1 fully saturated rings. The minimum absolute atomic E-state index is 0.0326. The Bertz CT molecular complexity index is 1420. The van der Waals surface area contributed by atoms with E-state index in [4.69, 9.17) is 6.57 Å². The molecule has 1 atom stereocenters. The molecule has 0 saturated carbocycles. The van der Waals surface area contributed by atoms with Crippen molar-refractivity contribution in [3.8, 4) is 11.3 Å². The maximum atomic E-state index is 15.3. The summed E-state index contributed by atoms with van der Waals surface area (Å²) in [5, 5.41) is 12.8. The first-order chi connectivity index (χ1) is 16.5. The molecule has 5 rings (SSSR count). The maximum Gasteiger partial charge on any atom is 0.262 e. The Morgan fingerprint density at radius 1 is 1.26 bits per heavy atom. The number of carbonyl (C=O) groups is 1. The first kappa shape index (κ1) is 21.7. The van der Waals surface area contributed by atoms with E-state index in [9.17, 15) is 4.79 Å². The third-order valence-corrected chi connectivity index (χ3v) is 6.04. The third-order valence-electron chi connectivity index (χ3n) is 6.04. The molecule has 0 radical (unpaired) electrons. The van der Waals surface area contributed by atoms with Crippen molar-refractivity contribution in [3.63, 3.8) is 0 Å². The second-order valence-corrected chi connectivity index (χ2v) is 8.30. The molecule has 1 N–H and O–H groups in total. The summed E-state index contributed by atoms with van der Waals surface area (Å²) < 4.78 is 16.8. The lowest BCUT2D eigenvalue weighted by molar-refractivity contribution is 0.0968. The molecule has 1 aliphatic rings. The summed E-state index contributed by atoms with van der Waals surface area (Å²) in [6.07, 6.45) is 4.98. The van der Waals surface area contributed by atoms with Gasteiger partial charge < -0.3 is 5.32 Å². The quantitative estimate of drug-likeness (QED) is 0.469. The molecule has 1 saturated heterocycles. The number of nitrogens with zero attached hydrogens (tertiary/aromatic N) is 6. The fourth-order valence-corrected chi connectivity index (χ4v) is 4.36. The molecule has 8 nitrogen and oxygen atoms in total. The number of anilines is 1. The van der Waals surface area contributed by atoms with Gasteiger partial charge in [0.05, 0.1) is 24.4 Å². The summed E-state index contributed by atoms with van der Waals surface area (Å²) in [5.74, 6) is -0.617. The summed E-state index contributed by atoms with van der Waals surface area (Å²) in [6, 6.07) is 11.4. The molecule has 1 amide bonds. The van der Waals surface area contributed by atoms with E-state index in [0.29, 0.717) is 29.3 Å². The lowest BCUT2D eigenvalue weighted by Gasteiger charge is -2.34. The predicted octanol–water partition coefficient (Wildman–Crippen LogP) is 4.12. The molecular formula is C25H22FN7O. The number of aromatic nitrogens is 4. The first-order valence-electron chi connectivity index (χ1n) is 11.0. The Labute approximate surface area is 195 Å². The van der Waals surface area contributed by atoms with Crippen LogP contribution in [0.2, 0.25) is 0 Å². The molecule has 2 aromatic heterocycles. The lowest BCUT2D eigenvalue weighted by Crippen LogP contribution is -2.49. The second-order valence-electron chi connectivity index (χ2n) is 8.30. The summed E-state index contributed by atoms with van der Waals surface area (Å²) >= 11 is 0. The van der Waals surface area contributed by atoms with E-state index in [-0.39, 0.29) is 11.6 Å². The third kappa shape index (κ3) is 4.00. The van der Waals surface area contributed by atoms with Gasteiger partial charge in [0, 0.05) is 30.7 Å². The van der Waals surface area contributed by atoms with Crippen molar-refractivity contribution < 1.29 is 9.18 Å². The lowest BCUT2D eigenvalue weighted by atomic mass is 10.0. The number of benzene rings is 2. The van der Waals surface area contributed by atoms with E-state index in [0.717, 1.165) is 30.2 Å². The zero-order valence-corrected chi connectivity index (χ0v) is 18.6. The fourth-order valence-electron chi connectivity index (χ4n) is 4.36. The van der Waals surface area contributed by atoms with Crippen molar-refractivity contribution in [2.24, 2.45) is 7.05 Å². The van der Waals surface area contributed by atoms with Gasteiger partial charge in [-0.3, -0.25) is 14.4 Å². The standard InChI is InChI=1S/C25H22FN7O/c1-27-18-6-8-20-16(12-18)9-11-29-24(20)33(19-4-3-10-28-14-19)25(34)21-7-5-17(13-22(21)26)23-15-32(2)31-30-23/h5-9,11-13,15,19,28H,3-4,10,14H2,2H3/t19-/m1/s1. The summed E-state index contributed by atoms with van der Waals surface area (Å²) in [6.45, 7) is 8.75. The van der Waals surface area contributed by atoms with Gasteiger partial charge in [0.1, 0.15) is 17.3 Å². The van der Waals surface area contributed by atoms with Gasteiger partial charge in [-0.25, -0.2) is 14.2 Å². The van der Waals surface area contributed by atoms with E-state index in [1.807, 2.05) is 6.07 Å². The van der Waals surface area contributed by atoms with Crippen LogP contribution in [0.15, 0.2) is 54.9 Å². The van der Waals surface area contributed by atoms with Crippen molar-refractivity contribution >= 4 is 28.2 Å². The van der Waals surface area contributed by atoms with Crippen molar-refractivity contribution in [2.75, 3.05) is 18.0 Å². The van der Waals surface area contributed by atoms with Crippen LogP contribution in [0.1, 0.15) is 23.2 Å². The van der Waals surface area contributed by atoms with Crippen LogP contribution in [0.3, 0.4) is 0 Å². The molecule has 0 unspecified atom stereocenters. The number of aryl methyl sites for hydroxylation is 1. The molecule has 170 valence electrons. The van der Waals surface area contributed by atoms with Crippen LogP contribution in [0.4, 0.5) is 15.9 Å². The van der Waals surface area contributed by atoms with Gasteiger partial charge in [-0.1, -0.05) is 23.4 Å². The van der Waals surface area contributed by atoms with Gasteiger partial charge in [-0.15, -0.1) is 5.10 Å². The highest BCUT2D eigenvalue weighted by Crippen LogP contribution is 2.32. The van der Waals surface area contributed by atoms with E-state index in [1.165, 1.54) is 16.8 Å². The predicted molar refractivity (Wildman–Crippen MR) is 127 cm³/mol. The molecule has 1 aliphatic heterocycles. The van der Waals surface area contributed by atoms with Gasteiger partial charge in [0.25, 0.3) is 5.91 Å². The van der Waals surface area contributed by atoms with Crippen LogP contribution in [-0.4, -0.2) is 45.0 Å². The van der Waals surface area contributed by atoms with Crippen LogP contribution >= 0.6 is 0 Å². The highest BCUT2D eigenvalue weighted by molar-refractivity contribution is 6.10. The Balaban J connectivity index is 1.59. The smallest absolute Gasteiger partial charge is 0.262 e. The second kappa shape index (κ2) is 9.00. The summed E-state index contributed by atoms with van der Waals surface area (Å²) in [7, 11) is 1.74. The number of hydrogen-bond donors (Lipinski definition) is 1. The number of fused-ring (bicyclic) bond motifs is 1. The van der Waals surface area contributed by atoms with Gasteiger partial charge >= 0.3 is 0 Å². The highest BCUT2D eigenvalue weighted by atomic mass is 19.1. The molecule has 3 heterocycles. The molecule has 0 aliphatic carbocycles. The summed E-state index contributed by atoms with van der Waals surface area (Å²) in [4.78, 5) is 23.5. The molecule has 4 aromatic rings. The Morgan fingerprint density at radius 2 is 2.15 bits per heavy atom. The minimum Gasteiger partial charge on any atom is -0.315 e. The van der Waals surface area contributed by atoms with Crippen LogP contribution in [-0.2, 0) is 7.05 Å². The SMILES string of the molecule is [C-]#[N+]c1ccc2c(N(C(=O)c3ccc(-c4cn(C)nn4)cc3F)[C@@H]3CCCNC3)nccc2c1. The van der Waals surface area contributed by atoms with E-state index < -0.39 is 11.7 Å². The Kier molecular flexibility index (Phi) is 5.74. The number of nitrogens with one attached hydrogen (secondary N) is 1. The van der Waals surface area contributed by atoms with Crippen molar-refractivity contribution in [1.82, 2.24) is 25.3 Å². The van der Waals surface area contributed by atoms with Crippen LogP contribution in [0.25, 0.3) is 26.9 Å². The van der Waals surface area contributed by atoms with Crippen LogP contribution in [0.5, 0.6) is 0 Å². The van der Waals surface area contributed by atoms with E-state index in [1.54, 1.807) is 48.6 Å². The topological polar surface area (TPSA) is 80.3 Å². The number of halogens is 1. The number of carbonyl (C=O) groups excluding carboxylic acids is 1.